The Labute approximate surface area is 170 Å². The predicted molar refractivity (Wildman–Crippen MR) is 116 cm³/mol. The van der Waals surface area contributed by atoms with Crippen molar-refractivity contribution in [3.63, 3.8) is 0 Å². The van der Waals surface area contributed by atoms with Crippen LogP contribution in [-0.2, 0) is 0 Å². The van der Waals surface area contributed by atoms with Crippen molar-refractivity contribution in [2.45, 2.75) is 0 Å². The summed E-state index contributed by atoms with van der Waals surface area (Å²) in [6.07, 6.45) is 0. The van der Waals surface area contributed by atoms with E-state index in [9.17, 15) is 0 Å². The van der Waals surface area contributed by atoms with Gasteiger partial charge < -0.3 is 0 Å². The van der Waals surface area contributed by atoms with Crippen LogP contribution in [0.2, 0.25) is 0 Å². The highest BCUT2D eigenvalue weighted by Gasteiger charge is 2.21. The van der Waals surface area contributed by atoms with Crippen LogP contribution in [0.1, 0.15) is 0 Å². The number of halogens is 2. The molecule has 0 aliphatic heterocycles. The van der Waals surface area contributed by atoms with Crippen LogP contribution in [0.25, 0.3) is 33.4 Å². The maximum Gasteiger partial charge on any atom is 0.115 e. The molecule has 0 atom stereocenters. The Balaban J connectivity index is 2.13. The standard InChI is InChI=1S/C23H15Br2N/c24-22-20(17-12-6-2-7-13-17)19(16-10-4-1-5-11-16)21(23(25)26-22)18-14-8-3-9-15-18/h1-15H. The molecule has 3 heteroatoms. The Morgan fingerprint density at radius 3 is 1.08 bits per heavy atom. The van der Waals surface area contributed by atoms with Crippen LogP contribution in [-0.4, -0.2) is 4.98 Å². The van der Waals surface area contributed by atoms with Crippen molar-refractivity contribution in [3.05, 3.63) is 100 Å². The second-order valence-electron chi connectivity index (χ2n) is 5.92. The molecule has 4 aromatic rings. The number of aromatic nitrogens is 1. The molecule has 0 saturated heterocycles. The molecule has 0 radical (unpaired) electrons. The van der Waals surface area contributed by atoms with Gasteiger partial charge >= 0.3 is 0 Å². The van der Waals surface area contributed by atoms with Gasteiger partial charge in [-0.2, -0.15) is 0 Å². The van der Waals surface area contributed by atoms with E-state index in [-0.39, 0.29) is 0 Å². The zero-order chi connectivity index (χ0) is 17.9. The molecule has 1 heterocycles. The third-order valence-electron chi connectivity index (χ3n) is 4.30. The Kier molecular flexibility index (Phi) is 5.00. The van der Waals surface area contributed by atoms with E-state index in [0.717, 1.165) is 42.6 Å². The normalized spacial score (nSPS) is 10.7. The molecular formula is C23H15Br2N. The fraction of sp³-hybridized carbons (Fsp3) is 0. The van der Waals surface area contributed by atoms with E-state index in [1.54, 1.807) is 0 Å². The molecule has 126 valence electrons. The Bertz CT molecular complexity index is 966. The molecule has 0 spiro atoms. The van der Waals surface area contributed by atoms with Gasteiger partial charge in [0.05, 0.1) is 0 Å². The van der Waals surface area contributed by atoms with Gasteiger partial charge in [0.25, 0.3) is 0 Å². The van der Waals surface area contributed by atoms with E-state index in [2.05, 4.69) is 105 Å². The van der Waals surface area contributed by atoms with Crippen molar-refractivity contribution in [1.29, 1.82) is 0 Å². The molecule has 0 aliphatic rings. The maximum atomic E-state index is 4.75. The van der Waals surface area contributed by atoms with E-state index >= 15 is 0 Å². The molecule has 0 N–H and O–H groups in total. The van der Waals surface area contributed by atoms with Gasteiger partial charge in [0.1, 0.15) is 9.21 Å². The van der Waals surface area contributed by atoms with Gasteiger partial charge in [0, 0.05) is 16.7 Å². The summed E-state index contributed by atoms with van der Waals surface area (Å²) >= 11 is 7.40. The Morgan fingerprint density at radius 1 is 0.423 bits per heavy atom. The number of pyridine rings is 1. The van der Waals surface area contributed by atoms with Crippen molar-refractivity contribution in [3.8, 4) is 33.4 Å². The molecule has 3 aromatic carbocycles. The summed E-state index contributed by atoms with van der Waals surface area (Å²) in [5.74, 6) is 0. The molecule has 0 fully saturated rings. The highest BCUT2D eigenvalue weighted by molar-refractivity contribution is 9.11. The number of benzene rings is 3. The van der Waals surface area contributed by atoms with E-state index in [1.165, 1.54) is 0 Å². The number of rotatable bonds is 3. The van der Waals surface area contributed by atoms with Gasteiger partial charge in [0.2, 0.25) is 0 Å². The maximum absolute atomic E-state index is 4.75. The number of nitrogens with zero attached hydrogens (tertiary/aromatic N) is 1. The molecular weight excluding hydrogens is 450 g/mol. The van der Waals surface area contributed by atoms with Crippen LogP contribution >= 0.6 is 31.9 Å². The number of hydrogen-bond donors (Lipinski definition) is 0. The fourth-order valence-electron chi connectivity index (χ4n) is 3.16. The molecule has 0 unspecified atom stereocenters. The summed E-state index contributed by atoms with van der Waals surface area (Å²) in [5, 5.41) is 0. The van der Waals surface area contributed by atoms with Crippen LogP contribution in [0.3, 0.4) is 0 Å². The zero-order valence-corrected chi connectivity index (χ0v) is 17.0. The van der Waals surface area contributed by atoms with Crippen molar-refractivity contribution in [2.24, 2.45) is 0 Å². The second-order valence-corrected chi connectivity index (χ2v) is 7.42. The highest BCUT2D eigenvalue weighted by atomic mass is 79.9. The molecule has 0 bridgehead atoms. The lowest BCUT2D eigenvalue weighted by molar-refractivity contribution is 1.23. The largest absolute Gasteiger partial charge is 0.233 e. The Hall–Kier alpha value is -2.23. The first-order valence-corrected chi connectivity index (χ1v) is 9.89. The Morgan fingerprint density at radius 2 is 0.731 bits per heavy atom. The van der Waals surface area contributed by atoms with Gasteiger partial charge in [0.15, 0.2) is 0 Å². The molecule has 26 heavy (non-hydrogen) atoms. The summed E-state index contributed by atoms with van der Waals surface area (Å²) in [7, 11) is 0. The minimum absolute atomic E-state index is 0.828. The predicted octanol–water partition coefficient (Wildman–Crippen LogP) is 7.61. The van der Waals surface area contributed by atoms with Crippen molar-refractivity contribution in [2.75, 3.05) is 0 Å². The second kappa shape index (κ2) is 7.56. The smallest absolute Gasteiger partial charge is 0.115 e. The number of hydrogen-bond acceptors (Lipinski definition) is 1. The first kappa shape index (κ1) is 17.2. The van der Waals surface area contributed by atoms with Crippen LogP contribution in [0.15, 0.2) is 100 Å². The monoisotopic (exact) mass is 463 g/mol. The molecule has 1 aromatic heterocycles. The highest BCUT2D eigenvalue weighted by Crippen LogP contribution is 2.45. The van der Waals surface area contributed by atoms with Crippen molar-refractivity contribution in [1.82, 2.24) is 4.98 Å². The lowest BCUT2D eigenvalue weighted by atomic mass is 9.90. The summed E-state index contributed by atoms with van der Waals surface area (Å²) in [4.78, 5) is 4.75. The van der Waals surface area contributed by atoms with Crippen LogP contribution in [0, 0.1) is 0 Å². The van der Waals surface area contributed by atoms with Gasteiger partial charge in [-0.05, 0) is 48.6 Å². The molecule has 0 amide bonds. The lowest BCUT2D eigenvalue weighted by Gasteiger charge is -2.19. The van der Waals surface area contributed by atoms with Crippen LogP contribution < -0.4 is 0 Å². The average molecular weight is 465 g/mol. The third-order valence-corrected chi connectivity index (χ3v) is 5.44. The van der Waals surface area contributed by atoms with Gasteiger partial charge in [-0.3, -0.25) is 0 Å². The summed E-state index contributed by atoms with van der Waals surface area (Å²) in [6, 6.07) is 31.3. The van der Waals surface area contributed by atoms with E-state index in [4.69, 9.17) is 4.98 Å². The fourth-order valence-corrected chi connectivity index (χ4v) is 4.61. The zero-order valence-electron chi connectivity index (χ0n) is 13.9. The molecule has 0 aliphatic carbocycles. The summed E-state index contributed by atoms with van der Waals surface area (Å²) in [6.45, 7) is 0. The van der Waals surface area contributed by atoms with E-state index in [1.807, 2.05) is 18.2 Å². The molecule has 0 saturated carbocycles. The van der Waals surface area contributed by atoms with Crippen LogP contribution in [0.4, 0.5) is 0 Å². The quantitative estimate of drug-likeness (QED) is 0.284. The van der Waals surface area contributed by atoms with Gasteiger partial charge in [-0.15, -0.1) is 0 Å². The first-order chi connectivity index (χ1) is 12.8. The van der Waals surface area contributed by atoms with Crippen LogP contribution in [0.5, 0.6) is 0 Å². The molecule has 4 rings (SSSR count). The lowest BCUT2D eigenvalue weighted by Crippen LogP contribution is -1.96. The average Bonchev–Trinajstić information content (AvgIpc) is 2.69. The SMILES string of the molecule is Brc1nc(Br)c(-c2ccccc2)c(-c2ccccc2)c1-c1ccccc1. The van der Waals surface area contributed by atoms with Crippen molar-refractivity contribution >= 4 is 31.9 Å². The first-order valence-electron chi connectivity index (χ1n) is 8.31. The summed E-state index contributed by atoms with van der Waals surface area (Å²) in [5.41, 5.74) is 6.79. The van der Waals surface area contributed by atoms with E-state index < -0.39 is 0 Å². The van der Waals surface area contributed by atoms with Crippen molar-refractivity contribution < 1.29 is 0 Å². The van der Waals surface area contributed by atoms with Gasteiger partial charge in [-0.1, -0.05) is 91.0 Å². The minimum atomic E-state index is 0.828. The third kappa shape index (κ3) is 3.25. The molecule has 1 nitrogen and oxygen atoms in total. The van der Waals surface area contributed by atoms with Gasteiger partial charge in [-0.25, -0.2) is 4.98 Å². The minimum Gasteiger partial charge on any atom is -0.233 e. The van der Waals surface area contributed by atoms with E-state index in [0.29, 0.717) is 0 Å². The summed E-state index contributed by atoms with van der Waals surface area (Å²) < 4.78 is 1.66. The topological polar surface area (TPSA) is 12.9 Å².